The van der Waals surface area contributed by atoms with E-state index in [0.717, 1.165) is 25.0 Å². The summed E-state index contributed by atoms with van der Waals surface area (Å²) in [6, 6.07) is 5.13. The van der Waals surface area contributed by atoms with Gasteiger partial charge < -0.3 is 10.6 Å². The van der Waals surface area contributed by atoms with Crippen molar-refractivity contribution < 1.29 is 8.42 Å². The van der Waals surface area contributed by atoms with E-state index < -0.39 is 10.0 Å². The Morgan fingerprint density at radius 1 is 1.20 bits per heavy atom. The van der Waals surface area contributed by atoms with Crippen LogP contribution in [0.15, 0.2) is 18.2 Å². The van der Waals surface area contributed by atoms with Crippen molar-refractivity contribution in [3.63, 3.8) is 0 Å². The fraction of sp³-hybridized carbons (Fsp3) is 0.538. The lowest BCUT2D eigenvalue weighted by Gasteiger charge is -2.20. The second-order valence-corrected chi connectivity index (χ2v) is 7.83. The lowest BCUT2D eigenvalue weighted by atomic mass is 10.1. The average molecular weight is 320 g/mol. The van der Waals surface area contributed by atoms with Crippen molar-refractivity contribution >= 4 is 33.0 Å². The Hall–Kier alpha value is -0.980. The molecule has 0 bridgehead atoms. The van der Waals surface area contributed by atoms with Crippen molar-refractivity contribution in [1.29, 1.82) is 0 Å². The van der Waals surface area contributed by atoms with E-state index in [2.05, 4.69) is 36.1 Å². The SMILES string of the molecule is CC(C)(C)NCCNc1ccc(NS(C)(=O)=O)c(Cl)c1. The Morgan fingerprint density at radius 2 is 1.85 bits per heavy atom. The number of hydrogen-bond acceptors (Lipinski definition) is 4. The molecule has 0 heterocycles. The Morgan fingerprint density at radius 3 is 2.35 bits per heavy atom. The molecule has 3 N–H and O–H groups in total. The summed E-state index contributed by atoms with van der Waals surface area (Å²) in [5.74, 6) is 0. The van der Waals surface area contributed by atoms with Crippen molar-refractivity contribution in [3.8, 4) is 0 Å². The van der Waals surface area contributed by atoms with Crippen molar-refractivity contribution in [2.75, 3.05) is 29.4 Å². The maximum atomic E-state index is 11.1. The molecule has 114 valence electrons. The zero-order chi connectivity index (χ0) is 15.4. The maximum Gasteiger partial charge on any atom is 0.229 e. The van der Waals surface area contributed by atoms with Crippen LogP contribution in [0.25, 0.3) is 0 Å². The lowest BCUT2D eigenvalue weighted by molar-refractivity contribution is 0.435. The third kappa shape index (κ3) is 6.98. The highest BCUT2D eigenvalue weighted by Crippen LogP contribution is 2.26. The second kappa shape index (κ2) is 6.65. The number of rotatable bonds is 6. The first kappa shape index (κ1) is 17.1. The zero-order valence-corrected chi connectivity index (χ0v) is 13.8. The summed E-state index contributed by atoms with van der Waals surface area (Å²) in [5, 5.41) is 6.95. The minimum Gasteiger partial charge on any atom is -0.384 e. The van der Waals surface area contributed by atoms with Gasteiger partial charge in [-0.25, -0.2) is 8.42 Å². The zero-order valence-electron chi connectivity index (χ0n) is 12.2. The van der Waals surface area contributed by atoms with E-state index in [1.54, 1.807) is 18.2 Å². The van der Waals surface area contributed by atoms with Crippen LogP contribution < -0.4 is 15.4 Å². The Bertz CT molecular complexity index is 553. The molecule has 0 aliphatic rings. The molecular formula is C13H22ClN3O2S. The fourth-order valence-electron chi connectivity index (χ4n) is 1.55. The van der Waals surface area contributed by atoms with Gasteiger partial charge in [0.05, 0.1) is 17.0 Å². The summed E-state index contributed by atoms with van der Waals surface area (Å²) < 4.78 is 24.7. The van der Waals surface area contributed by atoms with Crippen LogP contribution in [0.5, 0.6) is 0 Å². The molecule has 1 aromatic carbocycles. The molecule has 0 aromatic heterocycles. The minimum atomic E-state index is -3.31. The molecule has 5 nitrogen and oxygen atoms in total. The van der Waals surface area contributed by atoms with Gasteiger partial charge in [0.1, 0.15) is 0 Å². The highest BCUT2D eigenvalue weighted by atomic mass is 35.5. The largest absolute Gasteiger partial charge is 0.384 e. The summed E-state index contributed by atoms with van der Waals surface area (Å²) in [6.45, 7) is 7.90. The van der Waals surface area contributed by atoms with Gasteiger partial charge in [0.25, 0.3) is 0 Å². The molecule has 0 aliphatic carbocycles. The number of benzene rings is 1. The van der Waals surface area contributed by atoms with E-state index in [9.17, 15) is 8.42 Å². The van der Waals surface area contributed by atoms with Crippen molar-refractivity contribution in [2.45, 2.75) is 26.3 Å². The third-order valence-electron chi connectivity index (χ3n) is 2.37. The second-order valence-electron chi connectivity index (χ2n) is 5.67. The molecule has 0 fully saturated rings. The Labute approximate surface area is 126 Å². The first-order valence-corrected chi connectivity index (χ1v) is 8.60. The molecule has 0 spiro atoms. The van der Waals surface area contributed by atoms with Gasteiger partial charge in [0.15, 0.2) is 0 Å². The normalized spacial score (nSPS) is 12.2. The number of sulfonamides is 1. The summed E-state index contributed by atoms with van der Waals surface area (Å²) in [5.41, 5.74) is 1.32. The molecule has 0 radical (unpaired) electrons. The summed E-state index contributed by atoms with van der Waals surface area (Å²) in [6.07, 6.45) is 1.09. The molecule has 0 aliphatic heterocycles. The van der Waals surface area contributed by atoms with Crippen LogP contribution in [0.4, 0.5) is 11.4 Å². The lowest BCUT2D eigenvalue weighted by Crippen LogP contribution is -2.38. The predicted molar refractivity (Wildman–Crippen MR) is 86.2 cm³/mol. The molecule has 1 rings (SSSR count). The van der Waals surface area contributed by atoms with Crippen molar-refractivity contribution in [1.82, 2.24) is 5.32 Å². The topological polar surface area (TPSA) is 70.2 Å². The third-order valence-corrected chi connectivity index (χ3v) is 3.28. The van der Waals surface area contributed by atoms with Crippen LogP contribution in [0.2, 0.25) is 5.02 Å². The van der Waals surface area contributed by atoms with E-state index >= 15 is 0 Å². The number of halogens is 1. The Balaban J connectivity index is 2.55. The van der Waals surface area contributed by atoms with Gasteiger partial charge in [0.2, 0.25) is 10.0 Å². The van der Waals surface area contributed by atoms with E-state index in [1.807, 2.05) is 0 Å². The van der Waals surface area contributed by atoms with Crippen LogP contribution in [0.1, 0.15) is 20.8 Å². The van der Waals surface area contributed by atoms with E-state index in [4.69, 9.17) is 11.6 Å². The van der Waals surface area contributed by atoms with Gasteiger partial charge in [-0.3, -0.25) is 4.72 Å². The summed E-state index contributed by atoms with van der Waals surface area (Å²) >= 11 is 6.04. The molecular weight excluding hydrogens is 298 g/mol. The average Bonchev–Trinajstić information content (AvgIpc) is 2.25. The smallest absolute Gasteiger partial charge is 0.229 e. The minimum absolute atomic E-state index is 0.0859. The van der Waals surface area contributed by atoms with Gasteiger partial charge in [-0.15, -0.1) is 0 Å². The van der Waals surface area contributed by atoms with Crippen LogP contribution in [0.3, 0.4) is 0 Å². The fourth-order valence-corrected chi connectivity index (χ4v) is 2.41. The molecule has 0 unspecified atom stereocenters. The van der Waals surface area contributed by atoms with Gasteiger partial charge in [-0.2, -0.15) is 0 Å². The monoisotopic (exact) mass is 319 g/mol. The number of anilines is 2. The standard InChI is InChI=1S/C13H22ClN3O2S/c1-13(2,3)16-8-7-15-10-5-6-12(11(14)9-10)17-20(4,18)19/h5-6,9,15-17H,7-8H2,1-4H3. The van der Waals surface area contributed by atoms with E-state index in [1.165, 1.54) is 0 Å². The summed E-state index contributed by atoms with van der Waals surface area (Å²) in [4.78, 5) is 0. The molecule has 0 atom stereocenters. The highest BCUT2D eigenvalue weighted by Gasteiger charge is 2.08. The van der Waals surface area contributed by atoms with Crippen LogP contribution in [-0.2, 0) is 10.0 Å². The molecule has 20 heavy (non-hydrogen) atoms. The maximum absolute atomic E-state index is 11.1. The highest BCUT2D eigenvalue weighted by molar-refractivity contribution is 7.92. The molecule has 1 aromatic rings. The van der Waals surface area contributed by atoms with Crippen LogP contribution in [-0.4, -0.2) is 33.3 Å². The van der Waals surface area contributed by atoms with E-state index in [-0.39, 0.29) is 5.54 Å². The van der Waals surface area contributed by atoms with Gasteiger partial charge >= 0.3 is 0 Å². The molecule has 0 saturated heterocycles. The molecule has 7 heteroatoms. The van der Waals surface area contributed by atoms with Gasteiger partial charge in [0, 0.05) is 24.3 Å². The molecule has 0 saturated carbocycles. The predicted octanol–water partition coefficient (Wildman–Crippen LogP) is 2.51. The quantitative estimate of drug-likeness (QED) is 0.705. The van der Waals surface area contributed by atoms with Crippen molar-refractivity contribution in [3.05, 3.63) is 23.2 Å². The van der Waals surface area contributed by atoms with Gasteiger partial charge in [-0.1, -0.05) is 11.6 Å². The van der Waals surface area contributed by atoms with Crippen LogP contribution in [0, 0.1) is 0 Å². The van der Waals surface area contributed by atoms with Gasteiger partial charge in [-0.05, 0) is 39.0 Å². The first-order chi connectivity index (χ1) is 9.07. The number of nitrogens with one attached hydrogen (secondary N) is 3. The molecule has 0 amide bonds. The Kier molecular flexibility index (Phi) is 5.68. The van der Waals surface area contributed by atoms with Crippen LogP contribution >= 0.6 is 11.6 Å². The van der Waals surface area contributed by atoms with Crippen molar-refractivity contribution in [2.24, 2.45) is 0 Å². The van der Waals surface area contributed by atoms with E-state index in [0.29, 0.717) is 10.7 Å². The first-order valence-electron chi connectivity index (χ1n) is 6.33. The summed E-state index contributed by atoms with van der Waals surface area (Å²) in [7, 11) is -3.31. The number of hydrogen-bond donors (Lipinski definition) is 3.